The fraction of sp³-hybridized carbons (Fsp3) is 0.300. The number of benzene rings is 1. The number of anilines is 1. The first kappa shape index (κ1) is 16.6. The lowest BCUT2D eigenvalue weighted by Gasteiger charge is -2.20. The standard InChI is InChI=1S/C20H20N2OS2/c23-20(22-16-10-4-6-14-7-5-12-21-18(14)16)19-17(11-13-24-19)25-15-8-2-1-3-9-15/h4-7,10-13,15H,1-3,8-9H2,(H,22,23). The highest BCUT2D eigenvalue weighted by Gasteiger charge is 2.20. The fourth-order valence-corrected chi connectivity index (χ4v) is 5.63. The highest BCUT2D eigenvalue weighted by atomic mass is 32.2. The van der Waals surface area contributed by atoms with Crippen molar-refractivity contribution in [2.45, 2.75) is 42.2 Å². The minimum atomic E-state index is -0.0357. The van der Waals surface area contributed by atoms with Crippen LogP contribution in [-0.2, 0) is 0 Å². The molecule has 3 nitrogen and oxygen atoms in total. The van der Waals surface area contributed by atoms with Crippen molar-refractivity contribution in [2.24, 2.45) is 0 Å². The zero-order valence-corrected chi connectivity index (χ0v) is 15.5. The summed E-state index contributed by atoms with van der Waals surface area (Å²) in [4.78, 5) is 19.2. The molecule has 5 heteroatoms. The quantitative estimate of drug-likeness (QED) is 0.616. The Morgan fingerprint density at radius 1 is 1.12 bits per heavy atom. The second kappa shape index (κ2) is 7.58. The summed E-state index contributed by atoms with van der Waals surface area (Å²) >= 11 is 3.39. The maximum absolute atomic E-state index is 12.8. The smallest absolute Gasteiger partial charge is 0.266 e. The number of nitrogens with one attached hydrogen (secondary N) is 1. The summed E-state index contributed by atoms with van der Waals surface area (Å²) in [6.45, 7) is 0. The second-order valence-electron chi connectivity index (χ2n) is 6.33. The van der Waals surface area contributed by atoms with E-state index in [2.05, 4.69) is 16.4 Å². The summed E-state index contributed by atoms with van der Waals surface area (Å²) < 4.78 is 0. The SMILES string of the molecule is O=C(Nc1cccc2cccnc12)c1sccc1SC1CCCCC1. The molecule has 25 heavy (non-hydrogen) atoms. The summed E-state index contributed by atoms with van der Waals surface area (Å²) in [6.07, 6.45) is 8.25. The van der Waals surface area contributed by atoms with Crippen molar-refractivity contribution in [3.63, 3.8) is 0 Å². The predicted molar refractivity (Wildman–Crippen MR) is 107 cm³/mol. The Labute approximate surface area is 155 Å². The van der Waals surface area contributed by atoms with Crippen molar-refractivity contribution in [3.05, 3.63) is 52.9 Å². The Balaban J connectivity index is 1.54. The van der Waals surface area contributed by atoms with Gasteiger partial charge >= 0.3 is 0 Å². The highest BCUT2D eigenvalue weighted by Crippen LogP contribution is 2.37. The fourth-order valence-electron chi connectivity index (χ4n) is 3.30. The number of carbonyl (C=O) groups excluding carboxylic acids is 1. The van der Waals surface area contributed by atoms with Gasteiger partial charge in [-0.05, 0) is 36.4 Å². The molecule has 0 bridgehead atoms. The van der Waals surface area contributed by atoms with Crippen molar-refractivity contribution < 1.29 is 4.79 Å². The molecule has 1 fully saturated rings. The maximum Gasteiger partial charge on any atom is 0.266 e. The molecule has 0 saturated heterocycles. The van der Waals surface area contributed by atoms with Crippen LogP contribution in [0.4, 0.5) is 5.69 Å². The van der Waals surface area contributed by atoms with Crippen LogP contribution in [0.1, 0.15) is 41.8 Å². The van der Waals surface area contributed by atoms with Crippen molar-refractivity contribution in [1.29, 1.82) is 0 Å². The van der Waals surface area contributed by atoms with E-state index in [9.17, 15) is 4.79 Å². The minimum absolute atomic E-state index is 0.0357. The van der Waals surface area contributed by atoms with Gasteiger partial charge in [0.2, 0.25) is 0 Å². The molecule has 1 saturated carbocycles. The first-order valence-corrected chi connectivity index (χ1v) is 10.5. The number of hydrogen-bond donors (Lipinski definition) is 1. The van der Waals surface area contributed by atoms with Gasteiger partial charge in [-0.25, -0.2) is 0 Å². The molecule has 0 spiro atoms. The van der Waals surface area contributed by atoms with Gasteiger partial charge in [-0.2, -0.15) is 0 Å². The van der Waals surface area contributed by atoms with E-state index in [4.69, 9.17) is 0 Å². The van der Waals surface area contributed by atoms with Gasteiger partial charge < -0.3 is 5.32 Å². The first-order chi connectivity index (χ1) is 12.3. The van der Waals surface area contributed by atoms with Crippen molar-refractivity contribution in [1.82, 2.24) is 4.98 Å². The third kappa shape index (κ3) is 3.72. The molecular weight excluding hydrogens is 348 g/mol. The Hall–Kier alpha value is -1.85. The normalized spacial score (nSPS) is 15.4. The zero-order valence-electron chi connectivity index (χ0n) is 13.9. The van der Waals surface area contributed by atoms with Gasteiger partial charge in [0.05, 0.1) is 11.2 Å². The topological polar surface area (TPSA) is 42.0 Å². The zero-order chi connectivity index (χ0) is 17.1. The van der Waals surface area contributed by atoms with Gasteiger partial charge in [0.15, 0.2) is 0 Å². The number of amides is 1. The van der Waals surface area contributed by atoms with Crippen molar-refractivity contribution in [3.8, 4) is 0 Å². The Kier molecular flexibility index (Phi) is 5.04. The summed E-state index contributed by atoms with van der Waals surface area (Å²) in [7, 11) is 0. The average molecular weight is 369 g/mol. The molecule has 1 N–H and O–H groups in total. The number of thiophene rings is 1. The monoisotopic (exact) mass is 368 g/mol. The second-order valence-corrected chi connectivity index (χ2v) is 8.58. The van der Waals surface area contributed by atoms with Crippen LogP contribution in [0.2, 0.25) is 0 Å². The lowest BCUT2D eigenvalue weighted by molar-refractivity contribution is 0.102. The Morgan fingerprint density at radius 3 is 2.84 bits per heavy atom. The van der Waals surface area contributed by atoms with Gasteiger partial charge in [-0.3, -0.25) is 9.78 Å². The number of fused-ring (bicyclic) bond motifs is 1. The van der Waals surface area contributed by atoms with Crippen molar-refractivity contribution in [2.75, 3.05) is 5.32 Å². The molecule has 1 aliphatic rings. The molecule has 1 aliphatic carbocycles. The van der Waals surface area contributed by atoms with E-state index in [-0.39, 0.29) is 5.91 Å². The Morgan fingerprint density at radius 2 is 1.96 bits per heavy atom. The van der Waals surface area contributed by atoms with E-state index in [0.717, 1.165) is 26.4 Å². The lowest BCUT2D eigenvalue weighted by atomic mass is 10.0. The third-order valence-corrected chi connectivity index (χ3v) is 7.00. The van der Waals surface area contributed by atoms with E-state index in [0.29, 0.717) is 5.25 Å². The van der Waals surface area contributed by atoms with Crippen LogP contribution < -0.4 is 5.32 Å². The number of thioether (sulfide) groups is 1. The number of carbonyl (C=O) groups is 1. The molecule has 2 heterocycles. The highest BCUT2D eigenvalue weighted by molar-refractivity contribution is 8.00. The van der Waals surface area contributed by atoms with Crippen LogP contribution in [-0.4, -0.2) is 16.1 Å². The molecule has 0 atom stereocenters. The van der Waals surface area contributed by atoms with E-state index < -0.39 is 0 Å². The van der Waals surface area contributed by atoms with Crippen molar-refractivity contribution >= 4 is 45.6 Å². The van der Waals surface area contributed by atoms with Crippen LogP contribution >= 0.6 is 23.1 Å². The van der Waals surface area contributed by atoms with E-state index >= 15 is 0 Å². The molecule has 0 radical (unpaired) electrons. The predicted octanol–water partition coefficient (Wildman–Crippen LogP) is 5.97. The van der Waals surface area contributed by atoms with E-state index in [1.807, 2.05) is 47.5 Å². The number of hydrogen-bond acceptors (Lipinski definition) is 4. The lowest BCUT2D eigenvalue weighted by Crippen LogP contribution is -2.13. The van der Waals surface area contributed by atoms with Gasteiger partial charge in [0.1, 0.15) is 4.88 Å². The molecule has 128 valence electrons. The van der Waals surface area contributed by atoms with Crippen LogP contribution in [0.15, 0.2) is 52.9 Å². The number of para-hydroxylation sites is 1. The number of aromatic nitrogens is 1. The molecule has 2 aromatic heterocycles. The summed E-state index contributed by atoms with van der Waals surface area (Å²) in [5, 5.41) is 6.75. The molecule has 1 amide bonds. The van der Waals surface area contributed by atoms with Crippen LogP contribution in [0, 0.1) is 0 Å². The molecule has 3 aromatic rings. The minimum Gasteiger partial charge on any atom is -0.319 e. The first-order valence-electron chi connectivity index (χ1n) is 8.70. The number of pyridine rings is 1. The summed E-state index contributed by atoms with van der Waals surface area (Å²) in [5.74, 6) is -0.0357. The number of nitrogens with zero attached hydrogens (tertiary/aromatic N) is 1. The largest absolute Gasteiger partial charge is 0.319 e. The van der Waals surface area contributed by atoms with Crippen LogP contribution in [0.5, 0.6) is 0 Å². The van der Waals surface area contributed by atoms with Gasteiger partial charge in [-0.1, -0.05) is 37.5 Å². The summed E-state index contributed by atoms with van der Waals surface area (Å²) in [5.41, 5.74) is 1.60. The van der Waals surface area contributed by atoms with Gasteiger partial charge in [0, 0.05) is 21.7 Å². The third-order valence-electron chi connectivity index (χ3n) is 4.56. The van der Waals surface area contributed by atoms with E-state index in [1.54, 1.807) is 6.20 Å². The maximum atomic E-state index is 12.8. The summed E-state index contributed by atoms with van der Waals surface area (Å²) in [6, 6.07) is 11.9. The molecule has 0 unspecified atom stereocenters. The van der Waals surface area contributed by atoms with Crippen LogP contribution in [0.3, 0.4) is 0 Å². The number of rotatable bonds is 4. The van der Waals surface area contributed by atoms with E-state index in [1.165, 1.54) is 43.4 Å². The van der Waals surface area contributed by atoms with Gasteiger partial charge in [0.25, 0.3) is 5.91 Å². The van der Waals surface area contributed by atoms with Gasteiger partial charge in [-0.15, -0.1) is 23.1 Å². The molecule has 1 aromatic carbocycles. The molecule has 0 aliphatic heterocycles. The molecule has 4 rings (SSSR count). The van der Waals surface area contributed by atoms with Crippen LogP contribution in [0.25, 0.3) is 10.9 Å². The Bertz CT molecular complexity index is 879. The molecular formula is C20H20N2OS2. The average Bonchev–Trinajstić information content (AvgIpc) is 3.11.